The Kier molecular flexibility index (Phi) is 5.75. The minimum atomic E-state index is -3.80. The molecule has 0 aromatic carbocycles. The van der Waals surface area contributed by atoms with E-state index in [0.717, 1.165) is 0 Å². The normalized spacial score (nSPS) is 13.1. The summed E-state index contributed by atoms with van der Waals surface area (Å²) in [6.07, 6.45) is 4.91. The lowest BCUT2D eigenvalue weighted by atomic mass is 10.5. The number of hydrogen-bond donors (Lipinski definition) is 0. The first-order chi connectivity index (χ1) is 7.15. The number of rotatable bonds is 6. The van der Waals surface area contributed by atoms with E-state index in [4.69, 9.17) is 6.42 Å². The summed E-state index contributed by atoms with van der Waals surface area (Å²) in [6, 6.07) is 0. The van der Waals surface area contributed by atoms with Gasteiger partial charge in [-0.15, -0.1) is 6.42 Å². The lowest BCUT2D eigenvalue weighted by molar-refractivity contribution is 0.366. The van der Waals surface area contributed by atoms with E-state index in [1.807, 2.05) is 0 Å². The third-order valence-corrected chi connectivity index (χ3v) is 9.28. The summed E-state index contributed by atoms with van der Waals surface area (Å²) in [5.74, 6) is 2.08. The fraction of sp³-hybridized carbons (Fsp3) is 0.800. The van der Waals surface area contributed by atoms with Crippen molar-refractivity contribution in [1.82, 2.24) is 0 Å². The highest BCUT2D eigenvalue weighted by Gasteiger charge is 2.36. The summed E-state index contributed by atoms with van der Waals surface area (Å²) in [5, 5.41) is 0. The second-order valence-corrected chi connectivity index (χ2v) is 10.4. The maximum Gasteiger partial charge on any atom is 0.275 e. The van der Waals surface area contributed by atoms with Crippen LogP contribution in [0.25, 0.3) is 0 Å². The molecule has 0 rings (SSSR count). The van der Waals surface area contributed by atoms with Crippen molar-refractivity contribution < 1.29 is 17.2 Å². The molecule has 0 aromatic heterocycles. The molecule has 0 radical (unpaired) electrons. The molecule has 0 aliphatic heterocycles. The summed E-state index contributed by atoms with van der Waals surface area (Å²) in [6.45, 7) is 6.74. The van der Waals surface area contributed by atoms with Gasteiger partial charge in [0.1, 0.15) is 19.2 Å². The Balaban J connectivity index is 4.94. The molecule has 0 aliphatic carbocycles. The molecule has 0 saturated heterocycles. The molecule has 16 heavy (non-hydrogen) atoms. The van der Waals surface area contributed by atoms with E-state index >= 15 is 0 Å². The van der Waals surface area contributed by atoms with Crippen molar-refractivity contribution in [1.29, 1.82) is 0 Å². The van der Waals surface area contributed by atoms with Gasteiger partial charge in [-0.25, -0.2) is 0 Å². The van der Waals surface area contributed by atoms with Gasteiger partial charge in [-0.3, -0.25) is 4.18 Å². The molecule has 0 bridgehead atoms. The molecule has 0 aliphatic rings. The van der Waals surface area contributed by atoms with Crippen LogP contribution < -0.4 is 0 Å². The van der Waals surface area contributed by atoms with Crippen molar-refractivity contribution in [3.63, 3.8) is 0 Å². The van der Waals surface area contributed by atoms with Crippen molar-refractivity contribution in [3.05, 3.63) is 0 Å². The fourth-order valence-corrected chi connectivity index (χ4v) is 7.40. The first kappa shape index (κ1) is 15.7. The Morgan fingerprint density at radius 3 is 2.00 bits per heavy atom. The predicted molar refractivity (Wildman–Crippen MR) is 66.5 cm³/mol. The monoisotopic (exact) mass is 266 g/mol. The van der Waals surface area contributed by atoms with Gasteiger partial charge in [0.15, 0.2) is 0 Å². The lowest BCUT2D eigenvalue weighted by Crippen LogP contribution is -2.19. The van der Waals surface area contributed by atoms with Crippen molar-refractivity contribution in [3.8, 4) is 12.3 Å². The van der Waals surface area contributed by atoms with E-state index in [1.165, 1.54) is 0 Å². The van der Waals surface area contributed by atoms with Crippen LogP contribution >= 0.6 is 7.14 Å². The number of terminal acetylenes is 1. The van der Waals surface area contributed by atoms with E-state index in [0.29, 0.717) is 0 Å². The topological polar surface area (TPSA) is 60.4 Å². The minimum Gasteiger partial charge on any atom is -0.322 e. The second-order valence-electron chi connectivity index (χ2n) is 4.19. The average molecular weight is 266 g/mol. The minimum absolute atomic E-state index is 0.184. The van der Waals surface area contributed by atoms with Gasteiger partial charge in [0.05, 0.1) is 0 Å². The number of hydrogen-bond acceptors (Lipinski definition) is 4. The van der Waals surface area contributed by atoms with E-state index in [9.17, 15) is 13.0 Å². The van der Waals surface area contributed by atoms with Gasteiger partial charge in [0, 0.05) is 11.3 Å². The summed E-state index contributed by atoms with van der Waals surface area (Å²) in [5.41, 5.74) is -0.801. The van der Waals surface area contributed by atoms with Crippen LogP contribution in [0.15, 0.2) is 0 Å². The third kappa shape index (κ3) is 4.29. The van der Waals surface area contributed by atoms with Gasteiger partial charge in [0.2, 0.25) is 0 Å². The molecule has 94 valence electrons. The van der Waals surface area contributed by atoms with E-state index < -0.39 is 22.8 Å². The van der Waals surface area contributed by atoms with E-state index in [-0.39, 0.29) is 17.9 Å². The lowest BCUT2D eigenvalue weighted by Gasteiger charge is -2.25. The molecule has 0 fully saturated rings. The van der Waals surface area contributed by atoms with Crippen LogP contribution in [0.1, 0.15) is 27.7 Å². The quantitative estimate of drug-likeness (QED) is 0.419. The molecule has 0 heterocycles. The molecule has 4 nitrogen and oxygen atoms in total. The Morgan fingerprint density at radius 2 is 1.69 bits per heavy atom. The zero-order valence-electron chi connectivity index (χ0n) is 10.1. The Morgan fingerprint density at radius 1 is 1.25 bits per heavy atom. The maximum atomic E-state index is 12.5. The fourth-order valence-electron chi connectivity index (χ4n) is 1.30. The van der Waals surface area contributed by atoms with Crippen LogP contribution in [-0.2, 0) is 18.9 Å². The maximum absolute atomic E-state index is 12.5. The van der Waals surface area contributed by atoms with Gasteiger partial charge in [-0.2, -0.15) is 8.42 Å². The van der Waals surface area contributed by atoms with Crippen LogP contribution in [-0.4, -0.2) is 31.8 Å². The largest absolute Gasteiger partial charge is 0.322 e. The zero-order chi connectivity index (χ0) is 13.0. The summed E-state index contributed by atoms with van der Waals surface area (Å²) in [4.78, 5) is 0. The van der Waals surface area contributed by atoms with Gasteiger partial charge in [0.25, 0.3) is 10.1 Å². The van der Waals surface area contributed by atoms with Crippen molar-refractivity contribution in [2.24, 2.45) is 0 Å². The van der Waals surface area contributed by atoms with E-state index in [1.54, 1.807) is 27.7 Å². The molecular formula is C10H19O4PS. The first-order valence-electron chi connectivity index (χ1n) is 5.04. The van der Waals surface area contributed by atoms with Crippen molar-refractivity contribution in [2.75, 3.05) is 12.1 Å². The molecule has 0 atom stereocenters. The first-order valence-corrected chi connectivity index (χ1v) is 8.65. The van der Waals surface area contributed by atoms with Gasteiger partial charge in [-0.05, 0) is 0 Å². The molecule has 0 N–H and O–H groups in total. The van der Waals surface area contributed by atoms with Crippen LogP contribution in [0, 0.1) is 12.3 Å². The average Bonchev–Trinajstić information content (AvgIpc) is 2.13. The molecule has 0 spiro atoms. The Bertz CT molecular complexity index is 391. The van der Waals surface area contributed by atoms with Crippen molar-refractivity contribution >= 4 is 17.3 Å². The zero-order valence-corrected chi connectivity index (χ0v) is 11.8. The van der Waals surface area contributed by atoms with Crippen LogP contribution in [0.5, 0.6) is 0 Å². The molecule has 0 unspecified atom stereocenters. The van der Waals surface area contributed by atoms with Gasteiger partial charge < -0.3 is 4.57 Å². The van der Waals surface area contributed by atoms with Crippen molar-refractivity contribution in [2.45, 2.75) is 39.0 Å². The molecule has 0 amide bonds. The standard InChI is InChI=1S/C10H19O4PS/c1-6-7-14-16(12,13)8-15(11,9(2)3)10(4)5/h1,9-10H,7-8H2,2-5H3. The highest BCUT2D eigenvalue weighted by Crippen LogP contribution is 2.55. The van der Waals surface area contributed by atoms with E-state index in [2.05, 4.69) is 10.1 Å². The highest BCUT2D eigenvalue weighted by molar-refractivity contribution is 7.95. The summed E-state index contributed by atoms with van der Waals surface area (Å²) >= 11 is 0. The molecule has 0 aromatic rings. The summed E-state index contributed by atoms with van der Waals surface area (Å²) in [7, 11) is -6.60. The Labute approximate surface area is 98.3 Å². The van der Waals surface area contributed by atoms with Crippen LogP contribution in [0.3, 0.4) is 0 Å². The second kappa shape index (κ2) is 5.86. The smallest absolute Gasteiger partial charge is 0.275 e. The summed E-state index contributed by atoms with van der Waals surface area (Å²) < 4.78 is 40.1. The molecular weight excluding hydrogens is 247 g/mol. The third-order valence-electron chi connectivity index (χ3n) is 2.43. The predicted octanol–water partition coefficient (Wildman–Crippen LogP) is 2.10. The van der Waals surface area contributed by atoms with Crippen LogP contribution in [0.4, 0.5) is 0 Å². The molecule has 6 heteroatoms. The Hall–Kier alpha value is -0.300. The van der Waals surface area contributed by atoms with Gasteiger partial charge in [-0.1, -0.05) is 33.6 Å². The SMILES string of the molecule is C#CCOS(=O)(=O)CP(=O)(C(C)C)C(C)C. The highest BCUT2D eigenvalue weighted by atomic mass is 32.2. The van der Waals surface area contributed by atoms with Gasteiger partial charge >= 0.3 is 0 Å². The molecule has 0 saturated carbocycles. The van der Waals surface area contributed by atoms with Crippen LogP contribution in [0.2, 0.25) is 0 Å².